The number of hydrogen-bond donors (Lipinski definition) is 2. The van der Waals surface area contributed by atoms with E-state index in [9.17, 15) is 4.79 Å². The molecule has 0 fully saturated rings. The van der Waals surface area contributed by atoms with Crippen LogP contribution in [0, 0.1) is 0 Å². The molecule has 0 aliphatic heterocycles. The van der Waals surface area contributed by atoms with Crippen molar-refractivity contribution in [1.82, 2.24) is 19.5 Å². The number of H-pyrrole nitrogens is 1. The summed E-state index contributed by atoms with van der Waals surface area (Å²) in [6.45, 7) is 2.70. The lowest BCUT2D eigenvalue weighted by Gasteiger charge is -1.98. The summed E-state index contributed by atoms with van der Waals surface area (Å²) in [5, 5.41) is 0. The van der Waals surface area contributed by atoms with Gasteiger partial charge in [0.25, 0.3) is 5.56 Å². The molecule has 84 valence electrons. The number of aromatic amines is 1. The number of nitrogen functional groups attached to an aromatic ring is 1. The zero-order valence-electron chi connectivity index (χ0n) is 8.97. The summed E-state index contributed by atoms with van der Waals surface area (Å²) in [5.74, 6) is 0.110. The molecule has 2 heterocycles. The average Bonchev–Trinajstić information content (AvgIpc) is 2.62. The van der Waals surface area contributed by atoms with E-state index < -0.39 is 0 Å². The van der Waals surface area contributed by atoms with Gasteiger partial charge in [0, 0.05) is 6.54 Å². The van der Waals surface area contributed by atoms with Crippen molar-refractivity contribution in [1.29, 1.82) is 0 Å². The van der Waals surface area contributed by atoms with Crippen molar-refractivity contribution in [3.8, 4) is 0 Å². The van der Waals surface area contributed by atoms with Crippen molar-refractivity contribution in [2.24, 2.45) is 0 Å². The molecule has 0 spiro atoms. The van der Waals surface area contributed by atoms with Gasteiger partial charge in [-0.05, 0) is 6.42 Å². The fourth-order valence-corrected chi connectivity index (χ4v) is 1.46. The Morgan fingerprint density at radius 2 is 2.38 bits per heavy atom. The Balaban J connectivity index is 2.47. The summed E-state index contributed by atoms with van der Waals surface area (Å²) in [6, 6.07) is 0. The van der Waals surface area contributed by atoms with Crippen molar-refractivity contribution in [3.05, 3.63) is 28.8 Å². The summed E-state index contributed by atoms with van der Waals surface area (Å²) in [5.41, 5.74) is 6.01. The first-order chi connectivity index (χ1) is 7.72. The molecular weight excluding hydrogens is 206 g/mol. The molecule has 2 aromatic rings. The van der Waals surface area contributed by atoms with Gasteiger partial charge in [0.1, 0.15) is 0 Å². The second-order valence-corrected chi connectivity index (χ2v) is 3.40. The lowest BCUT2D eigenvalue weighted by molar-refractivity contribution is 0.834. The molecule has 0 radical (unpaired) electrons. The Morgan fingerprint density at radius 3 is 3.12 bits per heavy atom. The molecule has 0 saturated heterocycles. The van der Waals surface area contributed by atoms with Crippen LogP contribution < -0.4 is 11.3 Å². The molecule has 0 bridgehead atoms. The number of fused-ring (bicyclic) bond motifs is 1. The number of anilines is 1. The quantitative estimate of drug-likeness (QED) is 0.742. The number of rotatable bonds is 3. The standard InChI is InChI=1S/C10H13N5O/c1-2-3-4-5-15-6-12-7-8(15)13-10(11)14-9(7)16/h3-4,6H,2,5H2,1H3,(H3,11,13,14,16)/b4-3+. The molecule has 0 atom stereocenters. The van der Waals surface area contributed by atoms with E-state index in [-0.39, 0.29) is 11.5 Å². The number of imidazole rings is 1. The van der Waals surface area contributed by atoms with Crippen molar-refractivity contribution in [2.45, 2.75) is 19.9 Å². The third kappa shape index (κ3) is 1.81. The lowest BCUT2D eigenvalue weighted by atomic mass is 10.4. The van der Waals surface area contributed by atoms with Gasteiger partial charge in [-0.1, -0.05) is 19.1 Å². The highest BCUT2D eigenvalue weighted by Crippen LogP contribution is 2.06. The van der Waals surface area contributed by atoms with E-state index >= 15 is 0 Å². The van der Waals surface area contributed by atoms with Crippen LogP contribution in [0.5, 0.6) is 0 Å². The normalized spacial score (nSPS) is 11.6. The highest BCUT2D eigenvalue weighted by atomic mass is 16.1. The number of nitrogens with zero attached hydrogens (tertiary/aromatic N) is 3. The van der Waals surface area contributed by atoms with E-state index in [2.05, 4.69) is 21.9 Å². The highest BCUT2D eigenvalue weighted by molar-refractivity contribution is 5.70. The van der Waals surface area contributed by atoms with Crippen molar-refractivity contribution >= 4 is 17.1 Å². The number of nitrogens with one attached hydrogen (secondary N) is 1. The number of aromatic nitrogens is 4. The lowest BCUT2D eigenvalue weighted by Crippen LogP contribution is -2.12. The molecule has 6 nitrogen and oxygen atoms in total. The second kappa shape index (κ2) is 4.18. The minimum absolute atomic E-state index is 0.110. The molecule has 0 aromatic carbocycles. The molecule has 3 N–H and O–H groups in total. The topological polar surface area (TPSA) is 89.6 Å². The van der Waals surface area contributed by atoms with Gasteiger partial charge < -0.3 is 10.3 Å². The maximum atomic E-state index is 11.5. The van der Waals surface area contributed by atoms with E-state index in [4.69, 9.17) is 5.73 Å². The van der Waals surface area contributed by atoms with E-state index in [1.54, 1.807) is 10.9 Å². The van der Waals surface area contributed by atoms with Crippen molar-refractivity contribution < 1.29 is 0 Å². The Kier molecular flexibility index (Phi) is 2.72. The highest BCUT2D eigenvalue weighted by Gasteiger charge is 2.07. The van der Waals surface area contributed by atoms with Crippen LogP contribution in [0.25, 0.3) is 11.2 Å². The van der Waals surface area contributed by atoms with Crippen LogP contribution in [0.2, 0.25) is 0 Å². The van der Waals surface area contributed by atoms with Crippen LogP contribution in [-0.2, 0) is 6.54 Å². The molecule has 0 amide bonds. The Bertz CT molecular complexity index is 580. The SMILES string of the molecule is CC/C=C/Cn1cnc2c(=O)[nH]c(N)nc21. The third-order valence-electron chi connectivity index (χ3n) is 2.20. The first-order valence-corrected chi connectivity index (χ1v) is 5.08. The van der Waals surface area contributed by atoms with Gasteiger partial charge in [0.15, 0.2) is 11.2 Å². The molecule has 6 heteroatoms. The Labute approximate surface area is 91.8 Å². The first kappa shape index (κ1) is 10.4. The number of nitrogens with two attached hydrogens (primary N) is 1. The monoisotopic (exact) mass is 219 g/mol. The van der Waals surface area contributed by atoms with Gasteiger partial charge in [-0.15, -0.1) is 0 Å². The zero-order chi connectivity index (χ0) is 11.5. The molecule has 0 aliphatic rings. The van der Waals surface area contributed by atoms with Crippen molar-refractivity contribution in [3.63, 3.8) is 0 Å². The largest absolute Gasteiger partial charge is 0.369 e. The van der Waals surface area contributed by atoms with Gasteiger partial charge in [-0.25, -0.2) is 4.98 Å². The fourth-order valence-electron chi connectivity index (χ4n) is 1.46. The minimum atomic E-state index is -0.305. The minimum Gasteiger partial charge on any atom is -0.369 e. The molecule has 0 unspecified atom stereocenters. The van der Waals surface area contributed by atoms with Crippen LogP contribution in [0.1, 0.15) is 13.3 Å². The summed E-state index contributed by atoms with van der Waals surface area (Å²) >= 11 is 0. The number of hydrogen-bond acceptors (Lipinski definition) is 4. The van der Waals surface area contributed by atoms with E-state index in [0.717, 1.165) is 6.42 Å². The predicted octanol–water partition coefficient (Wildman–Crippen LogP) is 0.668. The zero-order valence-corrected chi connectivity index (χ0v) is 8.97. The van der Waals surface area contributed by atoms with Gasteiger partial charge >= 0.3 is 0 Å². The summed E-state index contributed by atoms with van der Waals surface area (Å²) in [7, 11) is 0. The van der Waals surface area contributed by atoms with Crippen LogP contribution in [0.4, 0.5) is 5.95 Å². The van der Waals surface area contributed by atoms with E-state index in [1.807, 2.05) is 12.2 Å². The van der Waals surface area contributed by atoms with Gasteiger partial charge in [-0.3, -0.25) is 9.78 Å². The van der Waals surface area contributed by atoms with E-state index in [0.29, 0.717) is 17.7 Å². The van der Waals surface area contributed by atoms with Crippen molar-refractivity contribution in [2.75, 3.05) is 5.73 Å². The summed E-state index contributed by atoms with van der Waals surface area (Å²) < 4.78 is 1.78. The average molecular weight is 219 g/mol. The molecule has 2 aromatic heterocycles. The van der Waals surface area contributed by atoms with Crippen LogP contribution in [0.3, 0.4) is 0 Å². The maximum Gasteiger partial charge on any atom is 0.280 e. The maximum absolute atomic E-state index is 11.5. The van der Waals surface area contributed by atoms with Gasteiger partial charge in [-0.2, -0.15) is 4.98 Å². The third-order valence-corrected chi connectivity index (χ3v) is 2.20. The molecule has 16 heavy (non-hydrogen) atoms. The first-order valence-electron chi connectivity index (χ1n) is 5.08. The molecule has 0 saturated carbocycles. The fraction of sp³-hybridized carbons (Fsp3) is 0.300. The Hall–Kier alpha value is -2.11. The summed E-state index contributed by atoms with van der Waals surface area (Å²) in [4.78, 5) is 22.0. The number of allylic oxidation sites excluding steroid dienone is 2. The smallest absolute Gasteiger partial charge is 0.280 e. The predicted molar refractivity (Wildman–Crippen MR) is 62.0 cm³/mol. The molecular formula is C10H13N5O. The van der Waals surface area contributed by atoms with Crippen LogP contribution in [-0.4, -0.2) is 19.5 Å². The second-order valence-electron chi connectivity index (χ2n) is 3.40. The summed E-state index contributed by atoms with van der Waals surface area (Å²) in [6.07, 6.45) is 6.61. The Morgan fingerprint density at radius 1 is 1.56 bits per heavy atom. The van der Waals surface area contributed by atoms with Gasteiger partial charge in [0.2, 0.25) is 5.95 Å². The van der Waals surface area contributed by atoms with Crippen LogP contribution in [0.15, 0.2) is 23.3 Å². The molecule has 0 aliphatic carbocycles. The van der Waals surface area contributed by atoms with E-state index in [1.165, 1.54) is 0 Å². The molecule has 2 rings (SSSR count). The van der Waals surface area contributed by atoms with Gasteiger partial charge in [0.05, 0.1) is 6.33 Å². The van der Waals surface area contributed by atoms with Crippen LogP contribution >= 0.6 is 0 Å².